The highest BCUT2D eigenvalue weighted by atomic mass is 19.1. The van der Waals surface area contributed by atoms with Crippen LogP contribution in [-0.4, -0.2) is 41.5 Å². The molecule has 0 bridgehead atoms. The Kier molecular flexibility index (Phi) is 5.06. The summed E-state index contributed by atoms with van der Waals surface area (Å²) in [5, 5.41) is 2.84. The van der Waals surface area contributed by atoms with Crippen molar-refractivity contribution in [3.8, 4) is 0 Å². The first kappa shape index (κ1) is 14.9. The summed E-state index contributed by atoms with van der Waals surface area (Å²) in [6.45, 7) is 7.02. The van der Waals surface area contributed by atoms with Gasteiger partial charge >= 0.3 is 0 Å². The molecule has 2 heterocycles. The minimum Gasteiger partial charge on any atom is -0.350 e. The van der Waals surface area contributed by atoms with Gasteiger partial charge in [-0.05, 0) is 44.0 Å². The first-order chi connectivity index (χ1) is 9.59. The molecular formula is C15H22FN3O. The maximum Gasteiger partial charge on any atom is 0.255 e. The van der Waals surface area contributed by atoms with E-state index in [0.29, 0.717) is 18.5 Å². The van der Waals surface area contributed by atoms with Crippen molar-refractivity contribution in [2.24, 2.45) is 5.92 Å². The van der Waals surface area contributed by atoms with Crippen LogP contribution in [0.25, 0.3) is 0 Å². The molecule has 4 nitrogen and oxygen atoms in total. The third-order valence-electron chi connectivity index (χ3n) is 3.85. The lowest BCUT2D eigenvalue weighted by Crippen LogP contribution is -2.45. The van der Waals surface area contributed by atoms with Gasteiger partial charge in [-0.1, -0.05) is 13.8 Å². The van der Waals surface area contributed by atoms with Crippen molar-refractivity contribution in [2.45, 2.75) is 32.7 Å². The topological polar surface area (TPSA) is 45.2 Å². The number of nitrogens with zero attached hydrogens (tertiary/aromatic N) is 2. The predicted molar refractivity (Wildman–Crippen MR) is 76.0 cm³/mol. The van der Waals surface area contributed by atoms with E-state index in [-0.39, 0.29) is 11.5 Å². The normalized spacial score (nSPS) is 17.4. The Morgan fingerprint density at radius 2 is 2.15 bits per heavy atom. The smallest absolute Gasteiger partial charge is 0.255 e. The van der Waals surface area contributed by atoms with Crippen molar-refractivity contribution in [1.82, 2.24) is 15.2 Å². The average Bonchev–Trinajstić information content (AvgIpc) is 2.92. The summed E-state index contributed by atoms with van der Waals surface area (Å²) < 4.78 is 13.4. The minimum atomic E-state index is -0.715. The SMILES string of the molecule is CC(C)C(CNC(=O)c1cccnc1F)N1CCCC1. The van der Waals surface area contributed by atoms with Crippen molar-refractivity contribution < 1.29 is 9.18 Å². The quantitative estimate of drug-likeness (QED) is 0.839. The Balaban J connectivity index is 1.95. The second-order valence-electron chi connectivity index (χ2n) is 5.61. The molecule has 20 heavy (non-hydrogen) atoms. The summed E-state index contributed by atoms with van der Waals surface area (Å²) in [7, 11) is 0. The molecule has 1 unspecified atom stereocenters. The van der Waals surface area contributed by atoms with Crippen LogP contribution in [0.1, 0.15) is 37.0 Å². The summed E-state index contributed by atoms with van der Waals surface area (Å²) in [6.07, 6.45) is 3.77. The fourth-order valence-corrected chi connectivity index (χ4v) is 2.71. The van der Waals surface area contributed by atoms with Gasteiger partial charge < -0.3 is 5.32 Å². The third kappa shape index (κ3) is 3.54. The van der Waals surface area contributed by atoms with Gasteiger partial charge in [0.15, 0.2) is 0 Å². The number of aromatic nitrogens is 1. The van der Waals surface area contributed by atoms with E-state index in [1.54, 1.807) is 6.07 Å². The van der Waals surface area contributed by atoms with E-state index in [0.717, 1.165) is 13.1 Å². The van der Waals surface area contributed by atoms with Crippen LogP contribution in [-0.2, 0) is 0 Å². The minimum absolute atomic E-state index is 0.0106. The van der Waals surface area contributed by atoms with Crippen molar-refractivity contribution >= 4 is 5.91 Å². The van der Waals surface area contributed by atoms with Crippen LogP contribution in [0.4, 0.5) is 4.39 Å². The number of pyridine rings is 1. The molecule has 1 aromatic rings. The number of nitrogens with one attached hydrogen (secondary N) is 1. The Labute approximate surface area is 119 Å². The first-order valence-corrected chi connectivity index (χ1v) is 7.22. The summed E-state index contributed by atoms with van der Waals surface area (Å²) in [5.74, 6) is -0.653. The molecule has 1 saturated heterocycles. The van der Waals surface area contributed by atoms with E-state index in [2.05, 4.69) is 29.0 Å². The zero-order valence-electron chi connectivity index (χ0n) is 12.1. The zero-order chi connectivity index (χ0) is 14.5. The number of halogens is 1. The molecule has 0 aliphatic carbocycles. The highest BCUT2D eigenvalue weighted by Crippen LogP contribution is 2.17. The second kappa shape index (κ2) is 6.79. The first-order valence-electron chi connectivity index (χ1n) is 7.22. The standard InChI is InChI=1S/C15H22FN3O/c1-11(2)13(19-8-3-4-9-19)10-18-15(20)12-6-5-7-17-14(12)16/h5-7,11,13H,3-4,8-10H2,1-2H3,(H,18,20). The molecule has 110 valence electrons. The van der Waals surface area contributed by atoms with Gasteiger partial charge in [0.25, 0.3) is 5.91 Å². The van der Waals surface area contributed by atoms with Gasteiger partial charge in [0.2, 0.25) is 5.95 Å². The van der Waals surface area contributed by atoms with E-state index < -0.39 is 5.95 Å². The molecule has 0 saturated carbocycles. The maximum absolute atomic E-state index is 13.4. The highest BCUT2D eigenvalue weighted by Gasteiger charge is 2.25. The molecule has 2 rings (SSSR count). The zero-order valence-corrected chi connectivity index (χ0v) is 12.1. The van der Waals surface area contributed by atoms with Crippen molar-refractivity contribution in [2.75, 3.05) is 19.6 Å². The molecule has 0 spiro atoms. The Morgan fingerprint density at radius 1 is 1.45 bits per heavy atom. The number of amides is 1. The van der Waals surface area contributed by atoms with E-state index in [1.807, 2.05) is 0 Å². The van der Waals surface area contributed by atoms with Gasteiger partial charge in [0.05, 0.1) is 5.56 Å². The van der Waals surface area contributed by atoms with Gasteiger partial charge in [0, 0.05) is 18.8 Å². The number of hydrogen-bond donors (Lipinski definition) is 1. The van der Waals surface area contributed by atoms with Crippen molar-refractivity contribution in [1.29, 1.82) is 0 Å². The molecule has 1 amide bonds. The summed E-state index contributed by atoms with van der Waals surface area (Å²) >= 11 is 0. The van der Waals surface area contributed by atoms with Crippen LogP contribution in [0.15, 0.2) is 18.3 Å². The van der Waals surface area contributed by atoms with Crippen LogP contribution < -0.4 is 5.32 Å². The molecule has 5 heteroatoms. The van der Waals surface area contributed by atoms with Crippen LogP contribution in [0.2, 0.25) is 0 Å². The number of carbonyl (C=O) groups is 1. The summed E-state index contributed by atoms with van der Waals surface area (Å²) in [5.41, 5.74) is 0.0106. The number of rotatable bonds is 5. The van der Waals surface area contributed by atoms with E-state index >= 15 is 0 Å². The van der Waals surface area contributed by atoms with E-state index in [4.69, 9.17) is 0 Å². The molecule has 1 aliphatic rings. The van der Waals surface area contributed by atoms with Gasteiger partial charge in [0.1, 0.15) is 0 Å². The predicted octanol–water partition coefficient (Wildman–Crippen LogP) is 2.07. The maximum atomic E-state index is 13.4. The highest BCUT2D eigenvalue weighted by molar-refractivity contribution is 5.94. The fourth-order valence-electron chi connectivity index (χ4n) is 2.71. The van der Waals surface area contributed by atoms with E-state index in [1.165, 1.54) is 25.1 Å². The molecular weight excluding hydrogens is 257 g/mol. The monoisotopic (exact) mass is 279 g/mol. The molecule has 1 N–H and O–H groups in total. The Bertz CT molecular complexity index is 458. The lowest BCUT2D eigenvalue weighted by atomic mass is 10.0. The van der Waals surface area contributed by atoms with E-state index in [9.17, 15) is 9.18 Å². The van der Waals surface area contributed by atoms with Gasteiger partial charge in [-0.3, -0.25) is 9.69 Å². The molecule has 0 aromatic carbocycles. The Morgan fingerprint density at radius 3 is 2.75 bits per heavy atom. The Hall–Kier alpha value is -1.49. The summed E-state index contributed by atoms with van der Waals surface area (Å²) in [6, 6.07) is 3.33. The molecule has 1 fully saturated rings. The van der Waals surface area contributed by atoms with Gasteiger partial charge in [-0.25, -0.2) is 4.98 Å². The van der Waals surface area contributed by atoms with Gasteiger partial charge in [-0.2, -0.15) is 4.39 Å². The number of likely N-dealkylation sites (tertiary alicyclic amines) is 1. The summed E-state index contributed by atoms with van der Waals surface area (Å²) in [4.78, 5) is 17.9. The van der Waals surface area contributed by atoms with Crippen LogP contribution in [0.5, 0.6) is 0 Å². The van der Waals surface area contributed by atoms with Crippen LogP contribution in [0.3, 0.4) is 0 Å². The largest absolute Gasteiger partial charge is 0.350 e. The van der Waals surface area contributed by atoms with Crippen LogP contribution in [0, 0.1) is 11.9 Å². The molecule has 0 radical (unpaired) electrons. The second-order valence-corrected chi connectivity index (χ2v) is 5.61. The van der Waals surface area contributed by atoms with Gasteiger partial charge in [-0.15, -0.1) is 0 Å². The molecule has 1 atom stereocenters. The lowest BCUT2D eigenvalue weighted by Gasteiger charge is -2.31. The van der Waals surface area contributed by atoms with Crippen LogP contribution >= 0.6 is 0 Å². The lowest BCUT2D eigenvalue weighted by molar-refractivity contribution is 0.0922. The molecule has 1 aromatic heterocycles. The fraction of sp³-hybridized carbons (Fsp3) is 0.600. The molecule has 1 aliphatic heterocycles. The van der Waals surface area contributed by atoms with Crippen molar-refractivity contribution in [3.05, 3.63) is 29.8 Å². The number of carbonyl (C=O) groups excluding carboxylic acids is 1. The average molecular weight is 279 g/mol. The number of hydrogen-bond acceptors (Lipinski definition) is 3. The third-order valence-corrected chi connectivity index (χ3v) is 3.85. The van der Waals surface area contributed by atoms with Crippen molar-refractivity contribution in [3.63, 3.8) is 0 Å².